The van der Waals surface area contributed by atoms with Gasteiger partial charge in [0.05, 0.1) is 0 Å². The van der Waals surface area contributed by atoms with Crippen LogP contribution in [0.1, 0.15) is 24.3 Å². The van der Waals surface area contributed by atoms with Gasteiger partial charge >= 0.3 is 0 Å². The van der Waals surface area contributed by atoms with Crippen molar-refractivity contribution in [1.29, 1.82) is 0 Å². The van der Waals surface area contributed by atoms with Crippen molar-refractivity contribution in [1.82, 2.24) is 0 Å². The van der Waals surface area contributed by atoms with E-state index in [4.69, 9.17) is 11.6 Å². The van der Waals surface area contributed by atoms with Crippen molar-refractivity contribution in [2.24, 2.45) is 0 Å². The Morgan fingerprint density at radius 3 is 2.62 bits per heavy atom. The molecule has 0 heterocycles. The Hall–Kier alpha value is -0.340. The van der Waals surface area contributed by atoms with Crippen LogP contribution in [0.5, 0.6) is 0 Å². The van der Waals surface area contributed by atoms with Crippen LogP contribution in [0.4, 0.5) is 0 Å². The van der Waals surface area contributed by atoms with Crippen molar-refractivity contribution in [3.8, 4) is 0 Å². The van der Waals surface area contributed by atoms with Crippen molar-refractivity contribution in [2.75, 3.05) is 0 Å². The van der Waals surface area contributed by atoms with Crippen LogP contribution in [-0.4, -0.2) is 5.78 Å². The fraction of sp³-hybridized carbons (Fsp3) is 0.300. The monoisotopic (exact) mass is 258 g/mol. The quantitative estimate of drug-likeness (QED) is 0.754. The minimum atomic E-state index is 0.0926. The van der Waals surface area contributed by atoms with Crippen LogP contribution in [0.2, 0.25) is 5.02 Å². The molecule has 1 aliphatic carbocycles. The third-order valence-corrected chi connectivity index (χ3v) is 3.03. The van der Waals surface area contributed by atoms with Crippen LogP contribution in [0.15, 0.2) is 22.7 Å². The Bertz CT molecular complexity index is 342. The van der Waals surface area contributed by atoms with Gasteiger partial charge in [-0.15, -0.1) is 0 Å². The second-order valence-electron chi connectivity index (χ2n) is 3.26. The molecule has 13 heavy (non-hydrogen) atoms. The zero-order chi connectivity index (χ0) is 9.42. The molecular formula is C10H8BrClO. The van der Waals surface area contributed by atoms with Gasteiger partial charge in [0, 0.05) is 21.8 Å². The number of rotatable bonds is 1. The van der Waals surface area contributed by atoms with Gasteiger partial charge in [-0.3, -0.25) is 4.79 Å². The molecule has 0 aliphatic heterocycles. The molecule has 0 spiro atoms. The molecule has 1 aromatic rings. The minimum absolute atomic E-state index is 0.0926. The summed E-state index contributed by atoms with van der Waals surface area (Å²) in [5, 5.41) is 0.684. The summed E-state index contributed by atoms with van der Waals surface area (Å²) in [6.07, 6.45) is 1.68. The molecule has 1 aromatic carbocycles. The standard InChI is InChI=1S/C10H8BrClO/c11-7-3-6(4-8(12)5-7)9-1-2-10(9)13/h3-5,9H,1-2H2. The second-order valence-corrected chi connectivity index (χ2v) is 4.61. The Morgan fingerprint density at radius 2 is 2.15 bits per heavy atom. The molecule has 3 heteroatoms. The molecule has 0 saturated heterocycles. The molecule has 1 atom stereocenters. The first-order valence-corrected chi connectivity index (χ1v) is 5.32. The maximum absolute atomic E-state index is 11.2. The maximum atomic E-state index is 11.2. The highest BCUT2D eigenvalue weighted by molar-refractivity contribution is 9.10. The molecule has 1 fully saturated rings. The Balaban J connectivity index is 2.34. The van der Waals surface area contributed by atoms with E-state index in [2.05, 4.69) is 15.9 Å². The summed E-state index contributed by atoms with van der Waals surface area (Å²) in [4.78, 5) is 11.2. The predicted molar refractivity (Wildman–Crippen MR) is 56.1 cm³/mol. The average Bonchev–Trinajstić information content (AvgIpc) is 1.99. The van der Waals surface area contributed by atoms with Crippen molar-refractivity contribution in [2.45, 2.75) is 18.8 Å². The molecule has 1 saturated carbocycles. The molecule has 0 bridgehead atoms. The number of Topliss-reactive ketones (excluding diaryl/α,β-unsaturated/α-hetero) is 1. The molecule has 1 nitrogen and oxygen atoms in total. The van der Waals surface area contributed by atoms with Gasteiger partial charge in [-0.1, -0.05) is 27.5 Å². The van der Waals surface area contributed by atoms with Crippen LogP contribution in [0.3, 0.4) is 0 Å². The summed E-state index contributed by atoms with van der Waals surface area (Å²) < 4.78 is 0.940. The highest BCUT2D eigenvalue weighted by Gasteiger charge is 2.29. The van der Waals surface area contributed by atoms with Crippen LogP contribution in [0.25, 0.3) is 0 Å². The van der Waals surface area contributed by atoms with Gasteiger partial charge in [-0.05, 0) is 30.2 Å². The van der Waals surface area contributed by atoms with Crippen LogP contribution < -0.4 is 0 Å². The number of carbonyl (C=O) groups excluding carboxylic acids is 1. The van der Waals surface area contributed by atoms with E-state index in [1.165, 1.54) is 0 Å². The summed E-state index contributed by atoms with van der Waals surface area (Å²) in [5.74, 6) is 0.421. The minimum Gasteiger partial charge on any atom is -0.299 e. The number of benzene rings is 1. The van der Waals surface area contributed by atoms with E-state index in [1.807, 2.05) is 18.2 Å². The van der Waals surface area contributed by atoms with E-state index in [-0.39, 0.29) is 5.92 Å². The molecule has 2 rings (SSSR count). The van der Waals surface area contributed by atoms with E-state index in [9.17, 15) is 4.79 Å². The normalized spacial score (nSPS) is 21.4. The zero-order valence-electron chi connectivity index (χ0n) is 6.89. The lowest BCUT2D eigenvalue weighted by Crippen LogP contribution is -2.23. The fourth-order valence-electron chi connectivity index (χ4n) is 1.54. The fourth-order valence-corrected chi connectivity index (χ4v) is 2.42. The molecule has 68 valence electrons. The van der Waals surface area contributed by atoms with Crippen molar-refractivity contribution in [3.63, 3.8) is 0 Å². The third kappa shape index (κ3) is 1.79. The molecule has 0 N–H and O–H groups in total. The smallest absolute Gasteiger partial charge is 0.140 e. The van der Waals surface area contributed by atoms with E-state index in [1.54, 1.807) is 0 Å². The molecule has 0 amide bonds. The van der Waals surface area contributed by atoms with E-state index < -0.39 is 0 Å². The van der Waals surface area contributed by atoms with E-state index in [0.717, 1.165) is 22.9 Å². The zero-order valence-corrected chi connectivity index (χ0v) is 9.23. The lowest BCUT2D eigenvalue weighted by molar-refractivity contribution is -0.125. The topological polar surface area (TPSA) is 17.1 Å². The van der Waals surface area contributed by atoms with Crippen LogP contribution >= 0.6 is 27.5 Å². The number of ketones is 1. The Kier molecular flexibility index (Phi) is 2.43. The Morgan fingerprint density at radius 1 is 1.38 bits per heavy atom. The first-order valence-electron chi connectivity index (χ1n) is 4.15. The number of hydrogen-bond donors (Lipinski definition) is 0. The van der Waals surface area contributed by atoms with Crippen LogP contribution in [0, 0.1) is 0 Å². The van der Waals surface area contributed by atoms with Gasteiger partial charge in [0.2, 0.25) is 0 Å². The first-order chi connectivity index (χ1) is 6.16. The number of halogens is 2. The molecule has 0 aromatic heterocycles. The highest BCUT2D eigenvalue weighted by Crippen LogP contribution is 2.35. The summed E-state index contributed by atoms with van der Waals surface area (Å²) in [7, 11) is 0. The predicted octanol–water partition coefficient (Wildman–Crippen LogP) is 3.55. The summed E-state index contributed by atoms with van der Waals surface area (Å²) in [6.45, 7) is 0. The molecule has 1 unspecified atom stereocenters. The maximum Gasteiger partial charge on any atom is 0.140 e. The SMILES string of the molecule is O=C1CCC1c1cc(Cl)cc(Br)c1. The molecular weight excluding hydrogens is 251 g/mol. The van der Waals surface area contributed by atoms with Gasteiger partial charge in [0.25, 0.3) is 0 Å². The largest absolute Gasteiger partial charge is 0.299 e. The Labute approximate surface area is 90.2 Å². The van der Waals surface area contributed by atoms with Crippen molar-refractivity contribution >= 4 is 33.3 Å². The third-order valence-electron chi connectivity index (χ3n) is 2.36. The molecule has 1 aliphatic rings. The first kappa shape index (κ1) is 9.22. The van der Waals surface area contributed by atoms with Gasteiger partial charge in [0.15, 0.2) is 0 Å². The van der Waals surface area contributed by atoms with Gasteiger partial charge < -0.3 is 0 Å². The van der Waals surface area contributed by atoms with Gasteiger partial charge in [-0.2, -0.15) is 0 Å². The lowest BCUT2D eigenvalue weighted by Gasteiger charge is -2.24. The average molecular weight is 260 g/mol. The lowest BCUT2D eigenvalue weighted by atomic mass is 9.79. The highest BCUT2D eigenvalue weighted by atomic mass is 79.9. The van der Waals surface area contributed by atoms with Crippen molar-refractivity contribution in [3.05, 3.63) is 33.3 Å². The molecule has 0 radical (unpaired) electrons. The van der Waals surface area contributed by atoms with Gasteiger partial charge in [-0.25, -0.2) is 0 Å². The number of carbonyl (C=O) groups is 1. The van der Waals surface area contributed by atoms with Crippen LogP contribution in [-0.2, 0) is 4.79 Å². The summed E-state index contributed by atoms with van der Waals surface area (Å²) >= 11 is 9.24. The summed E-state index contributed by atoms with van der Waals surface area (Å²) in [6, 6.07) is 5.66. The van der Waals surface area contributed by atoms with E-state index in [0.29, 0.717) is 10.8 Å². The van der Waals surface area contributed by atoms with E-state index >= 15 is 0 Å². The van der Waals surface area contributed by atoms with Crippen molar-refractivity contribution < 1.29 is 4.79 Å². The number of hydrogen-bond acceptors (Lipinski definition) is 1. The summed E-state index contributed by atoms with van der Waals surface area (Å²) in [5.41, 5.74) is 1.04. The van der Waals surface area contributed by atoms with Gasteiger partial charge in [0.1, 0.15) is 5.78 Å². The second kappa shape index (κ2) is 3.43.